The smallest absolute Gasteiger partial charge is 0.248 e. The highest BCUT2D eigenvalue weighted by Gasteiger charge is 2.27. The van der Waals surface area contributed by atoms with E-state index in [1.807, 2.05) is 11.8 Å². The molecular formula is C18H31N5O3. The predicted molar refractivity (Wildman–Crippen MR) is 96.8 cm³/mol. The fourth-order valence-corrected chi connectivity index (χ4v) is 3.61. The van der Waals surface area contributed by atoms with Crippen molar-refractivity contribution in [2.75, 3.05) is 52.6 Å². The van der Waals surface area contributed by atoms with Crippen molar-refractivity contribution in [2.24, 2.45) is 7.05 Å². The number of rotatable bonds is 7. The standard InChI is InChI=1S/C18H31N5O3/c1-3-10-26-14-17(24)23-6-4-15(5-7-23)18-20-19-16(21(18)2)13-22-8-11-25-12-9-22/h15H,3-14H2,1-2H3. The number of aromatic nitrogens is 3. The lowest BCUT2D eigenvalue weighted by Crippen LogP contribution is -2.40. The molecule has 1 amide bonds. The molecule has 146 valence electrons. The van der Waals surface area contributed by atoms with E-state index in [2.05, 4.69) is 26.7 Å². The van der Waals surface area contributed by atoms with Gasteiger partial charge in [-0.2, -0.15) is 0 Å². The summed E-state index contributed by atoms with van der Waals surface area (Å²) in [5.74, 6) is 2.52. The summed E-state index contributed by atoms with van der Waals surface area (Å²) >= 11 is 0. The fraction of sp³-hybridized carbons (Fsp3) is 0.833. The van der Waals surface area contributed by atoms with Gasteiger partial charge in [0.2, 0.25) is 5.91 Å². The molecule has 0 atom stereocenters. The summed E-state index contributed by atoms with van der Waals surface area (Å²) in [6.07, 6.45) is 2.81. The SMILES string of the molecule is CCCOCC(=O)N1CCC(c2nnc(CN3CCOCC3)n2C)CC1. The van der Waals surface area contributed by atoms with E-state index in [9.17, 15) is 4.79 Å². The van der Waals surface area contributed by atoms with Gasteiger partial charge >= 0.3 is 0 Å². The highest BCUT2D eigenvalue weighted by Crippen LogP contribution is 2.27. The Morgan fingerprint density at radius 1 is 1.19 bits per heavy atom. The summed E-state index contributed by atoms with van der Waals surface area (Å²) in [7, 11) is 2.06. The highest BCUT2D eigenvalue weighted by atomic mass is 16.5. The minimum absolute atomic E-state index is 0.0999. The Bertz CT molecular complexity index is 577. The van der Waals surface area contributed by atoms with Crippen molar-refractivity contribution < 1.29 is 14.3 Å². The first-order valence-electron chi connectivity index (χ1n) is 9.72. The quantitative estimate of drug-likeness (QED) is 0.665. The minimum Gasteiger partial charge on any atom is -0.379 e. The molecule has 0 unspecified atom stereocenters. The summed E-state index contributed by atoms with van der Waals surface area (Å²) in [6.45, 7) is 8.72. The van der Waals surface area contributed by atoms with Gasteiger partial charge in [0.05, 0.1) is 19.8 Å². The lowest BCUT2D eigenvalue weighted by atomic mass is 9.96. The molecule has 3 rings (SSSR count). The van der Waals surface area contributed by atoms with Gasteiger partial charge in [0, 0.05) is 45.8 Å². The number of amides is 1. The third kappa shape index (κ3) is 4.81. The second-order valence-corrected chi connectivity index (χ2v) is 7.13. The average Bonchev–Trinajstić information content (AvgIpc) is 3.03. The summed E-state index contributed by atoms with van der Waals surface area (Å²) < 4.78 is 12.9. The maximum Gasteiger partial charge on any atom is 0.248 e. The number of carbonyl (C=O) groups excluding carboxylic acids is 1. The van der Waals surface area contributed by atoms with Gasteiger partial charge in [-0.05, 0) is 19.3 Å². The third-order valence-electron chi connectivity index (χ3n) is 5.25. The molecule has 2 saturated heterocycles. The first kappa shape index (κ1) is 19.3. The van der Waals surface area contributed by atoms with Crippen LogP contribution < -0.4 is 0 Å². The number of morpholine rings is 1. The van der Waals surface area contributed by atoms with Crippen molar-refractivity contribution in [3.63, 3.8) is 0 Å². The predicted octanol–water partition coefficient (Wildman–Crippen LogP) is 0.780. The van der Waals surface area contributed by atoms with Crippen LogP contribution in [0.15, 0.2) is 0 Å². The first-order chi connectivity index (χ1) is 12.7. The van der Waals surface area contributed by atoms with Crippen molar-refractivity contribution >= 4 is 5.91 Å². The van der Waals surface area contributed by atoms with Crippen molar-refractivity contribution in [1.82, 2.24) is 24.6 Å². The van der Waals surface area contributed by atoms with E-state index in [-0.39, 0.29) is 12.5 Å². The van der Waals surface area contributed by atoms with Gasteiger partial charge in [0.1, 0.15) is 18.3 Å². The summed E-state index contributed by atoms with van der Waals surface area (Å²) in [6, 6.07) is 0. The van der Waals surface area contributed by atoms with Crippen molar-refractivity contribution in [2.45, 2.75) is 38.6 Å². The van der Waals surface area contributed by atoms with Crippen LogP contribution in [0.3, 0.4) is 0 Å². The van der Waals surface area contributed by atoms with E-state index in [1.165, 1.54) is 0 Å². The minimum atomic E-state index is 0.0999. The number of hydrogen-bond donors (Lipinski definition) is 0. The number of nitrogens with zero attached hydrogens (tertiary/aromatic N) is 5. The molecule has 0 spiro atoms. The van der Waals surface area contributed by atoms with E-state index >= 15 is 0 Å². The lowest BCUT2D eigenvalue weighted by molar-refractivity contribution is -0.137. The monoisotopic (exact) mass is 365 g/mol. The molecule has 2 aliphatic heterocycles. The van der Waals surface area contributed by atoms with Crippen LogP contribution in [0.2, 0.25) is 0 Å². The number of hydrogen-bond acceptors (Lipinski definition) is 6. The van der Waals surface area contributed by atoms with Gasteiger partial charge in [0.25, 0.3) is 0 Å². The molecule has 3 heterocycles. The van der Waals surface area contributed by atoms with Crippen LogP contribution in [0.25, 0.3) is 0 Å². The molecule has 0 aromatic carbocycles. The third-order valence-corrected chi connectivity index (χ3v) is 5.25. The maximum absolute atomic E-state index is 12.2. The van der Waals surface area contributed by atoms with Crippen LogP contribution >= 0.6 is 0 Å². The molecule has 0 aliphatic carbocycles. The second-order valence-electron chi connectivity index (χ2n) is 7.13. The molecule has 8 heteroatoms. The van der Waals surface area contributed by atoms with Gasteiger partial charge in [0.15, 0.2) is 0 Å². The van der Waals surface area contributed by atoms with E-state index in [0.29, 0.717) is 12.5 Å². The van der Waals surface area contributed by atoms with Gasteiger partial charge in [-0.3, -0.25) is 9.69 Å². The van der Waals surface area contributed by atoms with Crippen LogP contribution in [-0.4, -0.2) is 83.1 Å². The Labute approximate surface area is 155 Å². The Morgan fingerprint density at radius 3 is 2.62 bits per heavy atom. The maximum atomic E-state index is 12.2. The number of piperidine rings is 1. The topological polar surface area (TPSA) is 72.7 Å². The summed E-state index contributed by atoms with van der Waals surface area (Å²) in [4.78, 5) is 16.4. The molecule has 8 nitrogen and oxygen atoms in total. The molecule has 2 fully saturated rings. The average molecular weight is 365 g/mol. The van der Waals surface area contributed by atoms with Gasteiger partial charge in [-0.1, -0.05) is 6.92 Å². The molecule has 26 heavy (non-hydrogen) atoms. The van der Waals surface area contributed by atoms with Crippen LogP contribution in [0, 0.1) is 0 Å². The Kier molecular flexibility index (Phi) is 6.99. The van der Waals surface area contributed by atoms with E-state index in [0.717, 1.165) is 76.8 Å². The molecule has 0 N–H and O–H groups in total. The molecular weight excluding hydrogens is 334 g/mol. The first-order valence-corrected chi connectivity index (χ1v) is 9.72. The van der Waals surface area contributed by atoms with Crippen LogP contribution in [0.5, 0.6) is 0 Å². The zero-order valence-electron chi connectivity index (χ0n) is 16.0. The highest BCUT2D eigenvalue weighted by molar-refractivity contribution is 5.77. The summed E-state index contributed by atoms with van der Waals surface area (Å²) in [5, 5.41) is 8.88. The zero-order chi connectivity index (χ0) is 18.4. The molecule has 0 radical (unpaired) electrons. The lowest BCUT2D eigenvalue weighted by Gasteiger charge is -2.31. The number of carbonyl (C=O) groups is 1. The van der Waals surface area contributed by atoms with Crippen LogP contribution in [-0.2, 0) is 27.9 Å². The van der Waals surface area contributed by atoms with Gasteiger partial charge in [-0.15, -0.1) is 10.2 Å². The largest absolute Gasteiger partial charge is 0.379 e. The molecule has 2 aliphatic rings. The molecule has 1 aromatic rings. The zero-order valence-corrected chi connectivity index (χ0v) is 16.0. The fourth-order valence-electron chi connectivity index (χ4n) is 3.61. The summed E-state index contributed by atoms with van der Waals surface area (Å²) in [5.41, 5.74) is 0. The van der Waals surface area contributed by atoms with Crippen molar-refractivity contribution in [3.8, 4) is 0 Å². The Morgan fingerprint density at radius 2 is 1.92 bits per heavy atom. The van der Waals surface area contributed by atoms with Crippen molar-refractivity contribution in [1.29, 1.82) is 0 Å². The van der Waals surface area contributed by atoms with E-state index < -0.39 is 0 Å². The van der Waals surface area contributed by atoms with Crippen molar-refractivity contribution in [3.05, 3.63) is 11.6 Å². The number of likely N-dealkylation sites (tertiary alicyclic amines) is 1. The van der Waals surface area contributed by atoms with Crippen LogP contribution in [0.1, 0.15) is 43.8 Å². The van der Waals surface area contributed by atoms with Crippen LogP contribution in [0.4, 0.5) is 0 Å². The van der Waals surface area contributed by atoms with E-state index in [4.69, 9.17) is 9.47 Å². The van der Waals surface area contributed by atoms with Gasteiger partial charge < -0.3 is 18.9 Å². The van der Waals surface area contributed by atoms with E-state index in [1.54, 1.807) is 0 Å². The Balaban J connectivity index is 1.50. The molecule has 0 saturated carbocycles. The second kappa shape index (κ2) is 9.43. The van der Waals surface area contributed by atoms with Gasteiger partial charge in [-0.25, -0.2) is 0 Å². The Hall–Kier alpha value is -1.51. The molecule has 0 bridgehead atoms. The normalized spacial score (nSPS) is 19.8. The number of ether oxygens (including phenoxy) is 2. The molecule has 1 aromatic heterocycles.